The highest BCUT2D eigenvalue weighted by atomic mass is 127. The van der Waals surface area contributed by atoms with Crippen LogP contribution < -0.4 is 40.3 Å². The zero-order valence-electron chi connectivity index (χ0n) is 69.3. The summed E-state index contributed by atoms with van der Waals surface area (Å²) in [5.74, 6) is -6.04. The minimum absolute atomic E-state index is 0.00292. The molecular formula is C76H120IN7O35. The number of aryl methyl sites for hydroxylation is 1. The summed E-state index contributed by atoms with van der Waals surface area (Å²) in [6.45, 7) is 12.3. The molecule has 0 aliphatic carbocycles. The lowest BCUT2D eigenvalue weighted by Gasteiger charge is -2.44. The predicted octanol–water partition coefficient (Wildman–Crippen LogP) is -0.737. The van der Waals surface area contributed by atoms with Gasteiger partial charge in [-0.1, -0.05) is 12.1 Å². The molecule has 3 fully saturated rings. The number of amides is 7. The van der Waals surface area contributed by atoms with Crippen LogP contribution in [0.25, 0.3) is 0 Å². The summed E-state index contributed by atoms with van der Waals surface area (Å²) in [7, 11) is 0. The van der Waals surface area contributed by atoms with E-state index in [9.17, 15) is 62.3 Å². The first-order chi connectivity index (χ1) is 57.0. The molecule has 1 aromatic carbocycles. The molecule has 0 radical (unpaired) electrons. The van der Waals surface area contributed by atoms with E-state index >= 15 is 0 Å². The molecule has 3 saturated heterocycles. The fraction of sp³-hybridized carbons (Fsp3) is 0.750. The number of benzene rings is 1. The summed E-state index contributed by atoms with van der Waals surface area (Å²) >= 11 is 1.79. The monoisotopic (exact) mass is 1820 g/mol. The summed E-state index contributed by atoms with van der Waals surface area (Å²) in [5, 5.41) is 19.4. The number of nitrogens with one attached hydrogen (secondary N) is 7. The van der Waals surface area contributed by atoms with Crippen LogP contribution in [0.4, 0.5) is 0 Å². The number of hydrogen-bond acceptors (Lipinski definition) is 35. The van der Waals surface area contributed by atoms with E-state index in [4.69, 9.17) is 103 Å². The summed E-state index contributed by atoms with van der Waals surface area (Å²) in [5.41, 5.74) is -0.553. The summed E-state index contributed by atoms with van der Waals surface area (Å²) in [4.78, 5) is 162. The molecule has 7 amide bonds. The molecule has 1 aromatic rings. The van der Waals surface area contributed by atoms with Gasteiger partial charge in [-0.3, -0.25) is 62.3 Å². The molecule has 14 atom stereocenters. The highest BCUT2D eigenvalue weighted by Crippen LogP contribution is 2.30. The topological polar surface area (TPSA) is 509 Å². The smallest absolute Gasteiger partial charge is 0.303 e. The summed E-state index contributed by atoms with van der Waals surface area (Å²) in [6.07, 6.45) is -10.5. The van der Waals surface area contributed by atoms with Crippen molar-refractivity contribution in [2.24, 2.45) is 0 Å². The van der Waals surface area contributed by atoms with Crippen LogP contribution in [-0.2, 0) is 168 Å². The maximum absolute atomic E-state index is 14.0. The maximum atomic E-state index is 14.0. The molecule has 0 aromatic heterocycles. The van der Waals surface area contributed by atoms with Crippen molar-refractivity contribution in [3.05, 3.63) is 29.8 Å². The number of halogens is 1. The van der Waals surface area contributed by atoms with Crippen LogP contribution in [0.2, 0.25) is 0 Å². The fourth-order valence-corrected chi connectivity index (χ4v) is 12.3. The van der Waals surface area contributed by atoms with E-state index in [0.29, 0.717) is 12.2 Å². The van der Waals surface area contributed by atoms with E-state index in [-0.39, 0.29) is 216 Å². The van der Waals surface area contributed by atoms with Crippen molar-refractivity contribution in [2.45, 2.75) is 200 Å². The van der Waals surface area contributed by atoms with Crippen molar-refractivity contribution < 1.29 is 165 Å². The van der Waals surface area contributed by atoms with E-state index in [2.05, 4.69) is 37.2 Å². The second-order valence-corrected chi connectivity index (χ2v) is 27.7. The largest absolute Gasteiger partial charge is 0.463 e. The first kappa shape index (κ1) is 104. The zero-order valence-corrected chi connectivity index (χ0v) is 71.5. The number of ether oxygens (including phenoxy) is 21. The third kappa shape index (κ3) is 45.1. The Labute approximate surface area is 705 Å². The molecule has 3 aliphatic heterocycles. The standard InChI is InChI=1S/C76H120IN7O35/c1-11-106-73-69(83-50(4)86)75(112-48(2)70(73)115-54(8)90)109-41-38-102-33-25-81-65(96)20-29-105-47-76(84-66(97)21-26-98-34-35-99-30-22-78-62(93)17-14-57-12-15-58(119-77)16-13-57,46-104-28-19-64(95)80-24-32-101-37-40-108-74-68(82-49(3)85)72(117-56(10)92)61(44-111-74)114-53(7)89)45-103-27-18-63(94)79-23-31-100-36-39-107-67-42-59(113-52(6)88)71(116-55(9)91)60(118-67)43-110-51(5)87/h12-13,15-16,48,59-61,67-75H,11,14,17-47H2,1-10H3,(H,78,93)(H,79,94)(H,80,95)(H,81,96)(H,82,85)(H,83,86)(H,84,97)/t48-,59-,60-,61-,67-,68+,69+,70-,71-,72-,73+,74+,75-,76?/m1/s1. The second kappa shape index (κ2) is 59.9. The zero-order chi connectivity index (χ0) is 87.3. The quantitative estimate of drug-likeness (QED) is 0.0183. The van der Waals surface area contributed by atoms with Gasteiger partial charge in [-0.2, -0.15) is 0 Å². The van der Waals surface area contributed by atoms with Gasteiger partial charge >= 0.3 is 35.8 Å². The van der Waals surface area contributed by atoms with E-state index < -0.39 is 157 Å². The van der Waals surface area contributed by atoms with Crippen LogP contribution in [0.3, 0.4) is 0 Å². The average Bonchev–Trinajstić information content (AvgIpc) is 0.798. The molecule has 42 nitrogen and oxygen atoms in total. The molecule has 4 rings (SSSR count). The molecule has 7 N–H and O–H groups in total. The van der Waals surface area contributed by atoms with Crippen LogP contribution in [0.5, 0.6) is 5.75 Å². The van der Waals surface area contributed by atoms with E-state index in [1.54, 1.807) is 36.9 Å². The highest BCUT2D eigenvalue weighted by Gasteiger charge is 2.49. The van der Waals surface area contributed by atoms with Gasteiger partial charge in [0.25, 0.3) is 0 Å². The Balaban J connectivity index is 1.37. The number of carbonyl (C=O) groups is 13. The van der Waals surface area contributed by atoms with Crippen molar-refractivity contribution in [3.8, 4) is 5.75 Å². The Bertz CT molecular complexity index is 3240. The molecule has 1 unspecified atom stereocenters. The third-order valence-electron chi connectivity index (χ3n) is 17.1. The molecule has 3 aliphatic rings. The van der Waals surface area contributed by atoms with E-state index in [0.717, 1.165) is 12.5 Å². The first-order valence-electron chi connectivity index (χ1n) is 39.3. The SMILES string of the molecule is CCO[C@H]1[C@H](NC(C)=O)[C@H](OCCOCCNC(=O)CCOCC(COCCC(=O)NCCOCCO[C@H]2C[C@@H](OC(C)=O)[C@@H](OC(C)=O)[C@@H](COC(C)=O)O2)(COCCC(=O)NCCOCCO[C@H]2OC[C@@H](OC(C)=O)[C@@H](OC(C)=O)[C@@H]2NC(C)=O)NC(=O)CCOCCOCCNC(=O)CCc2ccc(OI)cc2)O[C@H](C)[C@H]1OC(C)=O. The minimum Gasteiger partial charge on any atom is -0.463 e. The maximum Gasteiger partial charge on any atom is 0.303 e. The summed E-state index contributed by atoms with van der Waals surface area (Å²) in [6, 6.07) is 5.52. The van der Waals surface area contributed by atoms with Crippen molar-refractivity contribution in [1.82, 2.24) is 37.2 Å². The van der Waals surface area contributed by atoms with Crippen LogP contribution in [0.15, 0.2) is 24.3 Å². The second-order valence-electron chi connectivity index (χ2n) is 27.2. The molecule has 119 heavy (non-hydrogen) atoms. The van der Waals surface area contributed by atoms with Gasteiger partial charge in [-0.15, -0.1) is 0 Å². The van der Waals surface area contributed by atoms with Crippen LogP contribution in [0.1, 0.15) is 113 Å². The van der Waals surface area contributed by atoms with E-state index in [1.807, 2.05) is 24.3 Å². The Morgan fingerprint density at radius 1 is 0.429 bits per heavy atom. The van der Waals surface area contributed by atoms with Crippen LogP contribution in [0, 0.1) is 0 Å². The Hall–Kier alpha value is -7.74. The number of esters is 6. The van der Waals surface area contributed by atoms with Gasteiger partial charge in [-0.05, 0) is 38.0 Å². The van der Waals surface area contributed by atoms with Gasteiger partial charge < -0.3 is 140 Å². The molecule has 676 valence electrons. The fourth-order valence-electron chi connectivity index (χ4n) is 12.0. The van der Waals surface area contributed by atoms with Crippen LogP contribution in [-0.4, -0.2) is 334 Å². The van der Waals surface area contributed by atoms with Crippen molar-refractivity contribution in [2.75, 3.05) is 172 Å². The molecule has 3 heterocycles. The molecule has 0 saturated carbocycles. The van der Waals surface area contributed by atoms with Crippen LogP contribution >= 0.6 is 23.0 Å². The van der Waals surface area contributed by atoms with Gasteiger partial charge in [0.05, 0.1) is 138 Å². The number of rotatable bonds is 61. The van der Waals surface area contributed by atoms with Gasteiger partial charge in [0, 0.05) is 127 Å². The lowest BCUT2D eigenvalue weighted by atomic mass is 9.96. The van der Waals surface area contributed by atoms with Gasteiger partial charge in [0.2, 0.25) is 41.4 Å². The Morgan fingerprint density at radius 2 is 0.849 bits per heavy atom. The molecule has 0 spiro atoms. The lowest BCUT2D eigenvalue weighted by molar-refractivity contribution is -0.272. The lowest BCUT2D eigenvalue weighted by Crippen LogP contribution is -2.65. The van der Waals surface area contributed by atoms with E-state index in [1.165, 1.54) is 48.5 Å². The molecule has 0 bridgehead atoms. The van der Waals surface area contributed by atoms with Gasteiger partial charge in [-0.25, -0.2) is 0 Å². The normalized spacial score (nSPS) is 21.9. The Morgan fingerprint density at radius 3 is 1.32 bits per heavy atom. The van der Waals surface area contributed by atoms with Crippen molar-refractivity contribution >= 4 is 100 Å². The first-order valence-corrected chi connectivity index (χ1v) is 40.2. The molecule has 43 heteroatoms. The number of hydrogen-bond donors (Lipinski definition) is 7. The highest BCUT2D eigenvalue weighted by molar-refractivity contribution is 14.1. The Kier molecular flexibility index (Phi) is 52.1. The third-order valence-corrected chi connectivity index (χ3v) is 17.6. The minimum atomic E-state index is -1.53. The van der Waals surface area contributed by atoms with Gasteiger partial charge in [0.15, 0.2) is 66.3 Å². The molecular weight excluding hydrogens is 1700 g/mol. The summed E-state index contributed by atoms with van der Waals surface area (Å²) < 4.78 is 125. The number of carbonyl (C=O) groups excluding carboxylic acids is 13. The van der Waals surface area contributed by atoms with Crippen molar-refractivity contribution in [3.63, 3.8) is 0 Å². The predicted molar refractivity (Wildman–Crippen MR) is 418 cm³/mol. The van der Waals surface area contributed by atoms with Gasteiger partial charge in [0.1, 0.15) is 48.3 Å². The van der Waals surface area contributed by atoms with Crippen molar-refractivity contribution in [1.29, 1.82) is 0 Å². The average molecular weight is 1820 g/mol.